The van der Waals surface area contributed by atoms with Crippen LogP contribution in [0.1, 0.15) is 11.1 Å². The summed E-state index contributed by atoms with van der Waals surface area (Å²) in [5.74, 6) is -0.300. The van der Waals surface area contributed by atoms with Gasteiger partial charge in [-0.3, -0.25) is 0 Å². The topological polar surface area (TPSA) is 39.7 Å². The number of ether oxygens (including phenoxy) is 2. The molecule has 4 nitrogen and oxygen atoms in total. The molecule has 1 N–H and O–H groups in total. The van der Waals surface area contributed by atoms with Crippen molar-refractivity contribution in [2.45, 2.75) is 12.7 Å². The summed E-state index contributed by atoms with van der Waals surface area (Å²) in [6, 6.07) is 2.45. The van der Waals surface area contributed by atoms with Crippen molar-refractivity contribution in [3.05, 3.63) is 23.3 Å². The second-order valence-electron chi connectivity index (χ2n) is 3.40. The molecule has 0 aliphatic carbocycles. The van der Waals surface area contributed by atoms with Gasteiger partial charge in [-0.25, -0.2) is 0 Å². The highest BCUT2D eigenvalue weighted by molar-refractivity contribution is 5.50. The third-order valence-corrected chi connectivity index (χ3v) is 2.26. The molecule has 1 aromatic rings. The molecule has 0 spiro atoms. The quantitative estimate of drug-likeness (QED) is 0.830. The van der Waals surface area contributed by atoms with Gasteiger partial charge in [-0.05, 0) is 17.7 Å². The molecule has 1 rings (SSSR count). The third-order valence-electron chi connectivity index (χ3n) is 2.26. The molecule has 0 aliphatic heterocycles. The molecule has 102 valence electrons. The number of halogens is 3. The van der Waals surface area contributed by atoms with E-state index in [1.54, 1.807) is 0 Å². The Morgan fingerprint density at radius 1 is 1.11 bits per heavy atom. The SMILES string of the molecule is CONCc1cc(OC)c(OC)c(C(F)(F)F)c1. The average Bonchev–Trinajstić information content (AvgIpc) is 2.33. The molecule has 0 fully saturated rings. The average molecular weight is 265 g/mol. The van der Waals surface area contributed by atoms with Gasteiger partial charge in [0.1, 0.15) is 5.56 Å². The fourth-order valence-electron chi connectivity index (χ4n) is 1.49. The van der Waals surface area contributed by atoms with Gasteiger partial charge in [0.2, 0.25) is 0 Å². The number of nitrogens with one attached hydrogen (secondary N) is 1. The Morgan fingerprint density at radius 3 is 2.22 bits per heavy atom. The third kappa shape index (κ3) is 3.27. The van der Waals surface area contributed by atoms with Crippen molar-refractivity contribution in [3.8, 4) is 11.5 Å². The van der Waals surface area contributed by atoms with Crippen molar-refractivity contribution in [1.29, 1.82) is 0 Å². The van der Waals surface area contributed by atoms with E-state index in [0.29, 0.717) is 5.56 Å². The predicted octanol–water partition coefficient (Wildman–Crippen LogP) is 2.37. The molecule has 0 aromatic heterocycles. The normalized spacial score (nSPS) is 11.4. The van der Waals surface area contributed by atoms with Gasteiger partial charge in [0.05, 0.1) is 21.3 Å². The highest BCUT2D eigenvalue weighted by atomic mass is 19.4. The molecule has 1 aromatic carbocycles. The zero-order valence-corrected chi connectivity index (χ0v) is 10.2. The smallest absolute Gasteiger partial charge is 0.420 e. The maximum Gasteiger partial charge on any atom is 0.420 e. The maximum atomic E-state index is 12.9. The summed E-state index contributed by atoms with van der Waals surface area (Å²) in [6.07, 6.45) is -4.51. The van der Waals surface area contributed by atoms with Crippen LogP contribution in [0.5, 0.6) is 11.5 Å². The van der Waals surface area contributed by atoms with Crippen molar-refractivity contribution in [2.24, 2.45) is 0 Å². The van der Waals surface area contributed by atoms with E-state index in [1.165, 1.54) is 27.4 Å². The van der Waals surface area contributed by atoms with Crippen LogP contribution in [0.15, 0.2) is 12.1 Å². The zero-order valence-electron chi connectivity index (χ0n) is 10.2. The van der Waals surface area contributed by atoms with E-state index >= 15 is 0 Å². The molecule has 18 heavy (non-hydrogen) atoms. The number of methoxy groups -OCH3 is 2. The number of hydroxylamine groups is 1. The molecule has 0 amide bonds. The Hall–Kier alpha value is -1.47. The second-order valence-corrected chi connectivity index (χ2v) is 3.40. The molecule has 0 unspecified atom stereocenters. The summed E-state index contributed by atoms with van der Waals surface area (Å²) in [7, 11) is 3.83. The Balaban J connectivity index is 3.27. The van der Waals surface area contributed by atoms with Crippen molar-refractivity contribution in [1.82, 2.24) is 5.48 Å². The molecule has 7 heteroatoms. The molecule has 0 saturated heterocycles. The standard InChI is InChI=1S/C11H14F3NO3/c1-16-9-5-7(6-15-18-3)4-8(10(9)17-2)11(12,13)14/h4-5,15H,6H2,1-3H3. The lowest BCUT2D eigenvalue weighted by molar-refractivity contribution is -0.139. The first-order chi connectivity index (χ1) is 8.43. The molecule has 0 saturated carbocycles. The van der Waals surface area contributed by atoms with E-state index in [4.69, 9.17) is 9.47 Å². The molecular formula is C11H14F3NO3. The lowest BCUT2D eigenvalue weighted by Crippen LogP contribution is -2.14. The van der Waals surface area contributed by atoms with E-state index < -0.39 is 11.7 Å². The van der Waals surface area contributed by atoms with Gasteiger partial charge in [0.15, 0.2) is 11.5 Å². The molecule has 0 aliphatic rings. The zero-order chi connectivity index (χ0) is 13.8. The van der Waals surface area contributed by atoms with Gasteiger partial charge in [0, 0.05) is 6.54 Å². The number of hydrogen-bond donors (Lipinski definition) is 1. The number of hydrogen-bond acceptors (Lipinski definition) is 4. The summed E-state index contributed by atoms with van der Waals surface area (Å²) in [5, 5.41) is 0. The molecule has 0 heterocycles. The van der Waals surface area contributed by atoms with Gasteiger partial charge < -0.3 is 14.3 Å². The van der Waals surface area contributed by atoms with E-state index in [-0.39, 0.29) is 18.0 Å². The predicted molar refractivity (Wildman–Crippen MR) is 58.4 cm³/mol. The minimum absolute atomic E-state index is 0.0280. The monoisotopic (exact) mass is 265 g/mol. The van der Waals surface area contributed by atoms with Gasteiger partial charge in [0.25, 0.3) is 0 Å². The van der Waals surface area contributed by atoms with Gasteiger partial charge >= 0.3 is 6.18 Å². The summed E-state index contributed by atoms with van der Waals surface area (Å²) >= 11 is 0. The Morgan fingerprint density at radius 2 is 1.78 bits per heavy atom. The van der Waals surface area contributed by atoms with Crippen LogP contribution in [-0.2, 0) is 17.6 Å². The molecule has 0 atom stereocenters. The Kier molecular flexibility index (Phi) is 4.80. The van der Waals surface area contributed by atoms with Crippen LogP contribution in [0.2, 0.25) is 0 Å². The van der Waals surface area contributed by atoms with Crippen molar-refractivity contribution in [3.63, 3.8) is 0 Å². The van der Waals surface area contributed by atoms with E-state index in [0.717, 1.165) is 6.07 Å². The lowest BCUT2D eigenvalue weighted by Gasteiger charge is -2.17. The number of rotatable bonds is 5. The minimum atomic E-state index is -4.51. The highest BCUT2D eigenvalue weighted by Gasteiger charge is 2.36. The molecule has 0 bridgehead atoms. The summed E-state index contributed by atoms with van der Waals surface area (Å²) in [5.41, 5.74) is 1.97. The molecule has 0 radical (unpaired) electrons. The van der Waals surface area contributed by atoms with Crippen molar-refractivity contribution < 1.29 is 27.5 Å². The van der Waals surface area contributed by atoms with Gasteiger partial charge in [-0.1, -0.05) is 0 Å². The van der Waals surface area contributed by atoms with Gasteiger partial charge in [-0.15, -0.1) is 0 Å². The minimum Gasteiger partial charge on any atom is -0.493 e. The highest BCUT2D eigenvalue weighted by Crippen LogP contribution is 2.42. The van der Waals surface area contributed by atoms with E-state index in [1.807, 2.05) is 0 Å². The summed E-state index contributed by atoms with van der Waals surface area (Å²) < 4.78 is 48.3. The fraction of sp³-hybridized carbons (Fsp3) is 0.455. The van der Waals surface area contributed by atoms with E-state index in [2.05, 4.69) is 10.3 Å². The van der Waals surface area contributed by atoms with Crippen LogP contribution in [0.25, 0.3) is 0 Å². The largest absolute Gasteiger partial charge is 0.493 e. The van der Waals surface area contributed by atoms with Crippen LogP contribution >= 0.6 is 0 Å². The van der Waals surface area contributed by atoms with Crippen LogP contribution < -0.4 is 15.0 Å². The van der Waals surface area contributed by atoms with Crippen molar-refractivity contribution in [2.75, 3.05) is 21.3 Å². The first kappa shape index (κ1) is 14.6. The maximum absolute atomic E-state index is 12.9. The lowest BCUT2D eigenvalue weighted by atomic mass is 10.1. The summed E-state index contributed by atoms with van der Waals surface area (Å²) in [6.45, 7) is 0.125. The number of alkyl halides is 3. The first-order valence-corrected chi connectivity index (χ1v) is 5.02. The second kappa shape index (κ2) is 5.92. The van der Waals surface area contributed by atoms with Crippen LogP contribution in [0.3, 0.4) is 0 Å². The van der Waals surface area contributed by atoms with Crippen LogP contribution in [-0.4, -0.2) is 21.3 Å². The Bertz CT molecular complexity index is 407. The van der Waals surface area contributed by atoms with Crippen LogP contribution in [0, 0.1) is 0 Å². The molecular weight excluding hydrogens is 251 g/mol. The number of benzene rings is 1. The van der Waals surface area contributed by atoms with Crippen molar-refractivity contribution >= 4 is 0 Å². The first-order valence-electron chi connectivity index (χ1n) is 5.02. The van der Waals surface area contributed by atoms with E-state index in [9.17, 15) is 13.2 Å². The Labute approximate surface area is 103 Å². The fourth-order valence-corrected chi connectivity index (χ4v) is 1.49. The summed E-state index contributed by atoms with van der Waals surface area (Å²) in [4.78, 5) is 4.60. The van der Waals surface area contributed by atoms with Crippen LogP contribution in [0.4, 0.5) is 13.2 Å². The van der Waals surface area contributed by atoms with Gasteiger partial charge in [-0.2, -0.15) is 18.7 Å².